The second kappa shape index (κ2) is 9.39. The highest BCUT2D eigenvalue weighted by atomic mass is 32.2. The molecule has 4 aromatic rings. The van der Waals surface area contributed by atoms with Gasteiger partial charge in [-0.15, -0.1) is 16.9 Å². The van der Waals surface area contributed by atoms with Crippen molar-refractivity contribution in [2.24, 2.45) is 5.10 Å². The SMILES string of the molecule is CC(=NNC(=O)c1nnn(-c2nonc2N)c1CSc1ccc(C)cc1)c1cccnc1. The fourth-order valence-corrected chi connectivity index (χ4v) is 3.62. The Morgan fingerprint density at radius 2 is 2.06 bits per heavy atom. The third kappa shape index (κ3) is 4.64. The molecule has 12 heteroatoms. The van der Waals surface area contributed by atoms with E-state index in [-0.39, 0.29) is 17.3 Å². The molecular formula is C20H19N9O2S. The molecule has 11 nitrogen and oxygen atoms in total. The van der Waals surface area contributed by atoms with Crippen LogP contribution in [0.4, 0.5) is 5.82 Å². The monoisotopic (exact) mass is 449 g/mol. The van der Waals surface area contributed by atoms with Gasteiger partial charge in [-0.05, 0) is 42.4 Å². The van der Waals surface area contributed by atoms with Gasteiger partial charge >= 0.3 is 0 Å². The van der Waals surface area contributed by atoms with Crippen molar-refractivity contribution in [2.45, 2.75) is 24.5 Å². The van der Waals surface area contributed by atoms with E-state index in [1.54, 1.807) is 25.4 Å². The van der Waals surface area contributed by atoms with Crippen LogP contribution in [0.5, 0.6) is 0 Å². The first-order chi connectivity index (χ1) is 15.5. The van der Waals surface area contributed by atoms with Gasteiger partial charge in [-0.2, -0.15) is 9.78 Å². The lowest BCUT2D eigenvalue weighted by Crippen LogP contribution is -2.21. The highest BCUT2D eigenvalue weighted by molar-refractivity contribution is 7.98. The van der Waals surface area contributed by atoms with Crippen LogP contribution < -0.4 is 11.2 Å². The van der Waals surface area contributed by atoms with Gasteiger partial charge in [0.2, 0.25) is 11.6 Å². The zero-order chi connectivity index (χ0) is 22.5. The predicted octanol–water partition coefficient (Wildman–Crippen LogP) is 2.38. The molecule has 0 fully saturated rings. The van der Waals surface area contributed by atoms with E-state index in [1.807, 2.05) is 37.3 Å². The molecule has 0 aliphatic heterocycles. The molecule has 0 saturated heterocycles. The second-order valence-electron chi connectivity index (χ2n) is 6.75. The molecule has 3 heterocycles. The van der Waals surface area contributed by atoms with Crippen molar-refractivity contribution in [3.05, 3.63) is 71.3 Å². The van der Waals surface area contributed by atoms with E-state index in [0.717, 1.165) is 16.0 Å². The first-order valence-corrected chi connectivity index (χ1v) is 10.5. The van der Waals surface area contributed by atoms with Gasteiger partial charge in [0.25, 0.3) is 5.91 Å². The molecule has 0 unspecified atom stereocenters. The van der Waals surface area contributed by atoms with Crippen LogP contribution in [-0.4, -0.2) is 41.9 Å². The topological polar surface area (TPSA) is 150 Å². The molecule has 32 heavy (non-hydrogen) atoms. The van der Waals surface area contributed by atoms with E-state index in [9.17, 15) is 4.79 Å². The van der Waals surface area contributed by atoms with Crippen molar-refractivity contribution in [1.29, 1.82) is 0 Å². The third-order valence-corrected chi connectivity index (χ3v) is 5.50. The van der Waals surface area contributed by atoms with Crippen molar-refractivity contribution in [3.8, 4) is 5.82 Å². The van der Waals surface area contributed by atoms with Gasteiger partial charge in [0.15, 0.2) is 5.69 Å². The number of nitrogen functional groups attached to an aromatic ring is 1. The lowest BCUT2D eigenvalue weighted by atomic mass is 10.2. The molecule has 3 N–H and O–H groups in total. The van der Waals surface area contributed by atoms with Crippen LogP contribution in [0.3, 0.4) is 0 Å². The summed E-state index contributed by atoms with van der Waals surface area (Å²) in [5, 5.41) is 19.6. The number of carbonyl (C=O) groups excluding carboxylic acids is 1. The summed E-state index contributed by atoms with van der Waals surface area (Å²) in [6.07, 6.45) is 3.32. The van der Waals surface area contributed by atoms with Crippen LogP contribution in [0.25, 0.3) is 5.82 Å². The quantitative estimate of drug-likeness (QED) is 0.246. The minimum Gasteiger partial charge on any atom is -0.378 e. The third-order valence-electron chi connectivity index (χ3n) is 4.48. The van der Waals surface area contributed by atoms with Gasteiger partial charge in [0.05, 0.1) is 11.4 Å². The van der Waals surface area contributed by atoms with Crippen LogP contribution in [0.1, 0.15) is 34.2 Å². The maximum atomic E-state index is 12.9. The van der Waals surface area contributed by atoms with Crippen molar-refractivity contribution in [3.63, 3.8) is 0 Å². The number of aryl methyl sites for hydroxylation is 1. The molecule has 0 saturated carbocycles. The Kier molecular flexibility index (Phi) is 6.22. The summed E-state index contributed by atoms with van der Waals surface area (Å²) in [6.45, 7) is 3.79. The van der Waals surface area contributed by atoms with Gasteiger partial charge in [0, 0.05) is 28.6 Å². The van der Waals surface area contributed by atoms with Crippen molar-refractivity contribution in [2.75, 3.05) is 5.73 Å². The molecule has 0 radical (unpaired) electrons. The number of nitrogens with two attached hydrogens (primary N) is 1. The average Bonchev–Trinajstić information content (AvgIpc) is 3.43. The maximum absolute atomic E-state index is 12.9. The number of rotatable bonds is 7. The molecular weight excluding hydrogens is 430 g/mol. The summed E-state index contributed by atoms with van der Waals surface area (Å²) < 4.78 is 6.03. The molecule has 0 atom stereocenters. The van der Waals surface area contributed by atoms with E-state index in [0.29, 0.717) is 17.2 Å². The summed E-state index contributed by atoms with van der Waals surface area (Å²) in [5.74, 6) is 0.0465. The molecule has 4 rings (SSSR count). The van der Waals surface area contributed by atoms with Crippen molar-refractivity contribution >= 4 is 29.2 Å². The summed E-state index contributed by atoms with van der Waals surface area (Å²) in [7, 11) is 0. The second-order valence-corrected chi connectivity index (χ2v) is 7.80. The van der Waals surface area contributed by atoms with Gasteiger partial charge < -0.3 is 5.73 Å². The van der Waals surface area contributed by atoms with Gasteiger partial charge in [0.1, 0.15) is 0 Å². The molecule has 1 aromatic carbocycles. The summed E-state index contributed by atoms with van der Waals surface area (Å²) in [6, 6.07) is 11.7. The van der Waals surface area contributed by atoms with E-state index in [1.165, 1.54) is 16.4 Å². The first-order valence-electron chi connectivity index (χ1n) is 9.50. The molecule has 3 aromatic heterocycles. The fraction of sp³-hybridized carbons (Fsp3) is 0.150. The van der Waals surface area contributed by atoms with E-state index < -0.39 is 5.91 Å². The molecule has 162 valence electrons. The zero-order valence-electron chi connectivity index (χ0n) is 17.3. The largest absolute Gasteiger partial charge is 0.378 e. The molecule has 0 spiro atoms. The highest BCUT2D eigenvalue weighted by Crippen LogP contribution is 2.26. The lowest BCUT2D eigenvalue weighted by Gasteiger charge is -2.06. The molecule has 0 aliphatic carbocycles. The minimum atomic E-state index is -0.519. The van der Waals surface area contributed by atoms with E-state index in [2.05, 4.69) is 40.8 Å². The van der Waals surface area contributed by atoms with Crippen molar-refractivity contribution < 1.29 is 9.42 Å². The number of carbonyl (C=O) groups is 1. The fourth-order valence-electron chi connectivity index (χ4n) is 2.73. The van der Waals surface area contributed by atoms with E-state index >= 15 is 0 Å². The normalized spacial score (nSPS) is 11.5. The van der Waals surface area contributed by atoms with Gasteiger partial charge in [-0.3, -0.25) is 9.78 Å². The summed E-state index contributed by atoms with van der Waals surface area (Å²) >= 11 is 1.51. The standard InChI is InChI=1S/C20H19N9O2S/c1-12-5-7-15(8-6-12)32-11-16-17(24-28-29(16)19-18(21)26-31-27-19)20(30)25-23-13(2)14-4-3-9-22-10-14/h3-10H,11H2,1-2H3,(H2,21,26)(H,25,30). The maximum Gasteiger partial charge on any atom is 0.293 e. The summed E-state index contributed by atoms with van der Waals surface area (Å²) in [5.41, 5.74) is 11.5. The zero-order valence-corrected chi connectivity index (χ0v) is 18.1. The average molecular weight is 450 g/mol. The number of nitrogens with one attached hydrogen (secondary N) is 1. The number of benzene rings is 1. The smallest absolute Gasteiger partial charge is 0.293 e. The number of amides is 1. The van der Waals surface area contributed by atoms with Gasteiger partial charge in [-0.1, -0.05) is 29.0 Å². The number of aromatic nitrogens is 6. The van der Waals surface area contributed by atoms with Crippen LogP contribution in [-0.2, 0) is 5.75 Å². The lowest BCUT2D eigenvalue weighted by molar-refractivity contribution is 0.0949. The Morgan fingerprint density at radius 1 is 1.25 bits per heavy atom. The number of hydrazone groups is 1. The number of pyridine rings is 1. The van der Waals surface area contributed by atoms with Crippen LogP contribution >= 0.6 is 11.8 Å². The predicted molar refractivity (Wildman–Crippen MR) is 118 cm³/mol. The Labute approximate surface area is 187 Å². The Morgan fingerprint density at radius 3 is 2.75 bits per heavy atom. The Balaban J connectivity index is 1.60. The Bertz CT molecular complexity index is 1250. The van der Waals surface area contributed by atoms with Crippen LogP contribution in [0, 0.1) is 6.92 Å². The molecule has 0 bridgehead atoms. The van der Waals surface area contributed by atoms with Crippen LogP contribution in [0.15, 0.2) is 63.4 Å². The summed E-state index contributed by atoms with van der Waals surface area (Å²) in [4.78, 5) is 17.9. The van der Waals surface area contributed by atoms with E-state index in [4.69, 9.17) is 5.73 Å². The molecule has 0 aliphatic rings. The minimum absolute atomic E-state index is 0.0360. The highest BCUT2D eigenvalue weighted by Gasteiger charge is 2.24. The van der Waals surface area contributed by atoms with Crippen LogP contribution in [0.2, 0.25) is 0 Å². The van der Waals surface area contributed by atoms with Gasteiger partial charge in [-0.25, -0.2) is 10.1 Å². The number of hydrogen-bond donors (Lipinski definition) is 2. The Hall–Kier alpha value is -4.06. The number of thioether (sulfide) groups is 1. The molecule has 1 amide bonds. The van der Waals surface area contributed by atoms with Crippen molar-refractivity contribution in [1.82, 2.24) is 35.7 Å². The number of nitrogens with zero attached hydrogens (tertiary/aromatic N) is 7. The number of anilines is 1. The number of hydrogen-bond acceptors (Lipinski definition) is 10. The first kappa shape index (κ1) is 21.2.